The Balaban J connectivity index is 1.59. The highest BCUT2D eigenvalue weighted by atomic mass is 35.5. The summed E-state index contributed by atoms with van der Waals surface area (Å²) in [7, 11) is 0. The molecule has 0 saturated heterocycles. The largest absolute Gasteiger partial charge is 0.469 e. The van der Waals surface area contributed by atoms with Gasteiger partial charge in [-0.2, -0.15) is 4.80 Å². The number of hydrogen-bond donors (Lipinski definition) is 1. The van der Waals surface area contributed by atoms with Crippen molar-refractivity contribution in [3.8, 4) is 11.4 Å². The van der Waals surface area contributed by atoms with Gasteiger partial charge in [-0.15, -0.1) is 10.2 Å². The van der Waals surface area contributed by atoms with Gasteiger partial charge in [0.2, 0.25) is 11.7 Å². The maximum absolute atomic E-state index is 11.9. The first-order chi connectivity index (χ1) is 11.1. The molecule has 8 heteroatoms. The first kappa shape index (κ1) is 15.2. The molecule has 1 N–H and O–H groups in total. The summed E-state index contributed by atoms with van der Waals surface area (Å²) >= 11 is 5.84. The van der Waals surface area contributed by atoms with Crippen LogP contribution in [0.4, 0.5) is 0 Å². The molecule has 0 radical (unpaired) electrons. The monoisotopic (exact) mass is 331 g/mol. The molecule has 118 valence electrons. The first-order valence-corrected chi connectivity index (χ1v) is 7.33. The molecule has 1 aromatic carbocycles. The molecule has 0 aliphatic carbocycles. The summed E-state index contributed by atoms with van der Waals surface area (Å²) < 4.78 is 5.18. The quantitative estimate of drug-likeness (QED) is 0.774. The van der Waals surface area contributed by atoms with Gasteiger partial charge in [0.25, 0.3) is 0 Å². The van der Waals surface area contributed by atoms with Gasteiger partial charge in [0, 0.05) is 22.7 Å². The maximum atomic E-state index is 11.9. The summed E-state index contributed by atoms with van der Waals surface area (Å²) in [5, 5.41) is 15.4. The Morgan fingerprint density at radius 2 is 2.09 bits per heavy atom. The Morgan fingerprint density at radius 3 is 2.78 bits per heavy atom. The predicted octanol–water partition coefficient (Wildman–Crippen LogP) is 2.21. The number of aromatic nitrogens is 4. The lowest BCUT2D eigenvalue weighted by molar-refractivity contribution is -0.122. The minimum absolute atomic E-state index is 0.00249. The fraction of sp³-hybridized carbons (Fsp3) is 0.200. The van der Waals surface area contributed by atoms with Gasteiger partial charge in [0.1, 0.15) is 12.3 Å². The summed E-state index contributed by atoms with van der Waals surface area (Å²) in [6.45, 7) is 2.25. The van der Waals surface area contributed by atoms with Gasteiger partial charge < -0.3 is 9.73 Å². The van der Waals surface area contributed by atoms with Crippen molar-refractivity contribution in [3.05, 3.63) is 52.9 Å². The molecule has 3 rings (SSSR count). The molecule has 0 saturated carbocycles. The number of aryl methyl sites for hydroxylation is 1. The molecule has 0 aliphatic heterocycles. The van der Waals surface area contributed by atoms with Gasteiger partial charge in [-0.05, 0) is 42.5 Å². The van der Waals surface area contributed by atoms with Crippen LogP contribution in [0.3, 0.4) is 0 Å². The molecule has 0 bridgehead atoms. The van der Waals surface area contributed by atoms with Crippen molar-refractivity contribution in [1.29, 1.82) is 0 Å². The molecule has 3 aromatic rings. The number of benzene rings is 1. The van der Waals surface area contributed by atoms with E-state index in [1.807, 2.05) is 13.0 Å². The molecule has 23 heavy (non-hydrogen) atoms. The van der Waals surface area contributed by atoms with E-state index in [0.717, 1.165) is 16.9 Å². The van der Waals surface area contributed by atoms with E-state index in [1.54, 1.807) is 30.5 Å². The molecule has 0 unspecified atom stereocenters. The van der Waals surface area contributed by atoms with E-state index in [4.69, 9.17) is 16.0 Å². The van der Waals surface area contributed by atoms with Crippen LogP contribution in [0.2, 0.25) is 5.02 Å². The Labute approximate surface area is 137 Å². The number of nitrogens with one attached hydrogen (secondary N) is 1. The molecule has 2 aromatic heterocycles. The predicted molar refractivity (Wildman–Crippen MR) is 83.6 cm³/mol. The highest BCUT2D eigenvalue weighted by Gasteiger charge is 2.10. The first-order valence-electron chi connectivity index (χ1n) is 6.95. The SMILES string of the molecule is Cc1occc1CNC(=O)Cn1nnc(-c2ccc(Cl)cc2)n1. The van der Waals surface area contributed by atoms with Gasteiger partial charge in [-0.25, -0.2) is 0 Å². The van der Waals surface area contributed by atoms with E-state index in [0.29, 0.717) is 17.4 Å². The number of furan rings is 1. The molecule has 7 nitrogen and oxygen atoms in total. The summed E-state index contributed by atoms with van der Waals surface area (Å²) in [4.78, 5) is 13.2. The van der Waals surface area contributed by atoms with E-state index < -0.39 is 0 Å². The van der Waals surface area contributed by atoms with Gasteiger partial charge in [-0.3, -0.25) is 4.79 Å². The van der Waals surface area contributed by atoms with E-state index in [2.05, 4.69) is 20.7 Å². The number of carbonyl (C=O) groups is 1. The lowest BCUT2D eigenvalue weighted by Crippen LogP contribution is -2.28. The third-order valence-electron chi connectivity index (χ3n) is 3.28. The van der Waals surface area contributed by atoms with E-state index in [9.17, 15) is 4.79 Å². The van der Waals surface area contributed by atoms with Crippen LogP contribution in [0, 0.1) is 6.92 Å². The van der Waals surface area contributed by atoms with Crippen LogP contribution in [0.1, 0.15) is 11.3 Å². The number of amides is 1. The zero-order valence-corrected chi connectivity index (χ0v) is 13.1. The van der Waals surface area contributed by atoms with Crippen LogP contribution in [0.5, 0.6) is 0 Å². The minimum atomic E-state index is -0.203. The van der Waals surface area contributed by atoms with Crippen LogP contribution in [0.25, 0.3) is 11.4 Å². The zero-order chi connectivity index (χ0) is 16.2. The van der Waals surface area contributed by atoms with Gasteiger partial charge >= 0.3 is 0 Å². The summed E-state index contributed by atoms with van der Waals surface area (Å²) in [5.74, 6) is 1.03. The lowest BCUT2D eigenvalue weighted by Gasteiger charge is -2.03. The van der Waals surface area contributed by atoms with Crippen molar-refractivity contribution >= 4 is 17.5 Å². The number of carbonyl (C=O) groups excluding carboxylic acids is 1. The van der Waals surface area contributed by atoms with E-state index in [-0.39, 0.29) is 12.5 Å². The number of halogens is 1. The highest BCUT2D eigenvalue weighted by molar-refractivity contribution is 6.30. The second-order valence-electron chi connectivity index (χ2n) is 4.93. The molecular formula is C15H14ClN5O2. The molecule has 1 amide bonds. The minimum Gasteiger partial charge on any atom is -0.469 e. The van der Waals surface area contributed by atoms with Crippen LogP contribution >= 0.6 is 11.6 Å². The van der Waals surface area contributed by atoms with Gasteiger partial charge in [0.15, 0.2) is 0 Å². The highest BCUT2D eigenvalue weighted by Crippen LogP contribution is 2.16. The van der Waals surface area contributed by atoms with Crippen molar-refractivity contribution in [2.75, 3.05) is 0 Å². The lowest BCUT2D eigenvalue weighted by atomic mass is 10.2. The van der Waals surface area contributed by atoms with Crippen molar-refractivity contribution in [2.45, 2.75) is 20.0 Å². The molecule has 2 heterocycles. The Kier molecular flexibility index (Phi) is 4.38. The number of nitrogens with zero attached hydrogens (tertiary/aromatic N) is 4. The number of tetrazole rings is 1. The van der Waals surface area contributed by atoms with Crippen molar-refractivity contribution in [2.24, 2.45) is 0 Å². The fourth-order valence-electron chi connectivity index (χ4n) is 2.00. The van der Waals surface area contributed by atoms with Crippen molar-refractivity contribution in [1.82, 2.24) is 25.5 Å². The second kappa shape index (κ2) is 6.62. The molecule has 0 atom stereocenters. The third kappa shape index (κ3) is 3.75. The number of rotatable bonds is 5. The molecule has 0 aliphatic rings. The van der Waals surface area contributed by atoms with Crippen molar-refractivity contribution < 1.29 is 9.21 Å². The summed E-state index contributed by atoms with van der Waals surface area (Å²) in [6, 6.07) is 8.91. The molecule has 0 fully saturated rings. The average molecular weight is 332 g/mol. The van der Waals surface area contributed by atoms with Crippen LogP contribution in [0.15, 0.2) is 41.0 Å². The summed E-state index contributed by atoms with van der Waals surface area (Å²) in [6.07, 6.45) is 1.59. The topological polar surface area (TPSA) is 85.8 Å². The Bertz CT molecular complexity index is 809. The molecular weight excluding hydrogens is 318 g/mol. The third-order valence-corrected chi connectivity index (χ3v) is 3.53. The second-order valence-corrected chi connectivity index (χ2v) is 5.37. The number of hydrogen-bond acceptors (Lipinski definition) is 5. The average Bonchev–Trinajstić information content (AvgIpc) is 3.15. The Hall–Kier alpha value is -2.67. The summed E-state index contributed by atoms with van der Waals surface area (Å²) in [5.41, 5.74) is 1.72. The molecule has 0 spiro atoms. The van der Waals surface area contributed by atoms with Crippen LogP contribution < -0.4 is 5.32 Å². The van der Waals surface area contributed by atoms with Gasteiger partial charge in [0.05, 0.1) is 6.26 Å². The van der Waals surface area contributed by atoms with E-state index >= 15 is 0 Å². The standard InChI is InChI=1S/C15H14ClN5O2/c1-10-12(6-7-23-10)8-17-14(22)9-21-19-15(18-20-21)11-2-4-13(16)5-3-11/h2-7H,8-9H2,1H3,(H,17,22). The fourth-order valence-corrected chi connectivity index (χ4v) is 2.12. The van der Waals surface area contributed by atoms with Crippen molar-refractivity contribution in [3.63, 3.8) is 0 Å². The van der Waals surface area contributed by atoms with E-state index in [1.165, 1.54) is 4.80 Å². The van der Waals surface area contributed by atoms with Crippen LogP contribution in [-0.2, 0) is 17.9 Å². The smallest absolute Gasteiger partial charge is 0.243 e. The van der Waals surface area contributed by atoms with Crippen LogP contribution in [-0.4, -0.2) is 26.1 Å². The van der Waals surface area contributed by atoms with Gasteiger partial charge in [-0.1, -0.05) is 11.6 Å². The Morgan fingerprint density at radius 1 is 1.30 bits per heavy atom. The zero-order valence-electron chi connectivity index (χ0n) is 12.4. The maximum Gasteiger partial charge on any atom is 0.243 e. The normalized spacial score (nSPS) is 10.7.